The van der Waals surface area contributed by atoms with Gasteiger partial charge in [-0.3, -0.25) is 4.79 Å². The highest BCUT2D eigenvalue weighted by Crippen LogP contribution is 2.24. The van der Waals surface area contributed by atoms with Gasteiger partial charge in [0.05, 0.1) is 21.7 Å². The molecule has 0 atom stereocenters. The van der Waals surface area contributed by atoms with E-state index < -0.39 is 10.0 Å². The fourth-order valence-corrected chi connectivity index (χ4v) is 5.56. The standard InChI is InChI=1S/C21H26N4O3S2/c1-4-24(5-2)30(27,28)17-13-11-16(12-14-17)22-20(26)15-29-21-23-18-9-7-8-10-19(18)25(21)6-3/h7-14H,4-6,15H2,1-3H3,(H,22,26). The first-order valence-corrected chi connectivity index (χ1v) is 12.3. The van der Waals surface area contributed by atoms with Gasteiger partial charge < -0.3 is 9.88 Å². The van der Waals surface area contributed by atoms with Crippen LogP contribution in [0.25, 0.3) is 11.0 Å². The van der Waals surface area contributed by atoms with Gasteiger partial charge in [0.25, 0.3) is 0 Å². The molecule has 0 bridgehead atoms. The predicted octanol–water partition coefficient (Wildman–Crippen LogP) is 3.82. The molecule has 160 valence electrons. The number of nitrogens with zero attached hydrogens (tertiary/aromatic N) is 3. The molecule has 30 heavy (non-hydrogen) atoms. The number of nitrogens with one attached hydrogen (secondary N) is 1. The molecular formula is C21H26N4O3S2. The van der Waals surface area contributed by atoms with E-state index in [0.29, 0.717) is 18.8 Å². The number of imidazole rings is 1. The van der Waals surface area contributed by atoms with Gasteiger partial charge in [0.15, 0.2) is 5.16 Å². The number of rotatable bonds is 9. The second-order valence-corrected chi connectivity index (χ2v) is 9.46. The number of hydrogen-bond acceptors (Lipinski definition) is 5. The van der Waals surface area contributed by atoms with Gasteiger partial charge in [-0.05, 0) is 43.3 Å². The number of carbonyl (C=O) groups excluding carboxylic acids is 1. The summed E-state index contributed by atoms with van der Waals surface area (Å²) >= 11 is 1.38. The number of aromatic nitrogens is 2. The van der Waals surface area contributed by atoms with Gasteiger partial charge in [0, 0.05) is 25.3 Å². The number of para-hydroxylation sites is 2. The normalized spacial score (nSPS) is 11.9. The zero-order chi connectivity index (χ0) is 21.7. The molecule has 0 aliphatic rings. The summed E-state index contributed by atoms with van der Waals surface area (Å²) in [5, 5.41) is 3.61. The minimum Gasteiger partial charge on any atom is -0.325 e. The molecule has 0 aliphatic carbocycles. The van der Waals surface area contributed by atoms with Crippen LogP contribution in [-0.4, -0.2) is 47.0 Å². The van der Waals surface area contributed by atoms with Crippen molar-refractivity contribution in [2.45, 2.75) is 37.4 Å². The van der Waals surface area contributed by atoms with Gasteiger partial charge >= 0.3 is 0 Å². The van der Waals surface area contributed by atoms with E-state index in [1.165, 1.54) is 28.2 Å². The molecule has 0 saturated carbocycles. The first-order valence-electron chi connectivity index (χ1n) is 9.88. The lowest BCUT2D eigenvalue weighted by molar-refractivity contribution is -0.113. The highest BCUT2D eigenvalue weighted by Gasteiger charge is 2.21. The molecular weight excluding hydrogens is 420 g/mol. The Morgan fingerprint density at radius 2 is 1.73 bits per heavy atom. The maximum absolute atomic E-state index is 12.5. The van der Waals surface area contributed by atoms with Crippen molar-refractivity contribution in [1.29, 1.82) is 0 Å². The van der Waals surface area contributed by atoms with Crippen molar-refractivity contribution in [1.82, 2.24) is 13.9 Å². The summed E-state index contributed by atoms with van der Waals surface area (Å²) < 4.78 is 28.6. The Morgan fingerprint density at radius 3 is 2.37 bits per heavy atom. The van der Waals surface area contributed by atoms with E-state index in [9.17, 15) is 13.2 Å². The fraction of sp³-hybridized carbons (Fsp3) is 0.333. The van der Waals surface area contributed by atoms with E-state index in [1.807, 2.05) is 31.2 Å². The Labute approximate surface area is 181 Å². The molecule has 3 aromatic rings. The number of amides is 1. The van der Waals surface area contributed by atoms with Crippen LogP contribution < -0.4 is 5.32 Å². The Balaban J connectivity index is 1.65. The summed E-state index contributed by atoms with van der Waals surface area (Å²) in [6.45, 7) is 7.26. The highest BCUT2D eigenvalue weighted by molar-refractivity contribution is 7.99. The predicted molar refractivity (Wildman–Crippen MR) is 121 cm³/mol. The maximum atomic E-state index is 12.5. The molecule has 1 aromatic heterocycles. The van der Waals surface area contributed by atoms with Gasteiger partial charge in [-0.15, -0.1) is 0 Å². The average molecular weight is 447 g/mol. The molecule has 1 heterocycles. The second kappa shape index (κ2) is 9.63. The van der Waals surface area contributed by atoms with Gasteiger partial charge in [-0.1, -0.05) is 37.7 Å². The van der Waals surface area contributed by atoms with E-state index in [4.69, 9.17) is 0 Å². The molecule has 0 radical (unpaired) electrons. The van der Waals surface area contributed by atoms with Crippen LogP contribution in [0.3, 0.4) is 0 Å². The molecule has 7 nitrogen and oxygen atoms in total. The van der Waals surface area contributed by atoms with Crippen LogP contribution in [-0.2, 0) is 21.4 Å². The Bertz CT molecular complexity index is 1120. The molecule has 3 rings (SSSR count). The maximum Gasteiger partial charge on any atom is 0.243 e. The third kappa shape index (κ3) is 4.69. The molecule has 0 fully saturated rings. The summed E-state index contributed by atoms with van der Waals surface area (Å²) in [5.74, 6) is 0.0390. The lowest BCUT2D eigenvalue weighted by Crippen LogP contribution is -2.30. The van der Waals surface area contributed by atoms with Crippen LogP contribution in [0.1, 0.15) is 20.8 Å². The van der Waals surface area contributed by atoms with Crippen molar-refractivity contribution in [2.75, 3.05) is 24.2 Å². The van der Waals surface area contributed by atoms with Gasteiger partial charge in [-0.2, -0.15) is 4.31 Å². The SMILES string of the molecule is CCN(CC)S(=O)(=O)c1ccc(NC(=O)CSc2nc3ccccc3n2CC)cc1. The number of hydrogen-bond donors (Lipinski definition) is 1. The average Bonchev–Trinajstić information content (AvgIpc) is 3.11. The summed E-state index contributed by atoms with van der Waals surface area (Å²) in [7, 11) is -3.51. The monoisotopic (exact) mass is 446 g/mol. The van der Waals surface area contributed by atoms with Crippen molar-refractivity contribution >= 4 is 44.4 Å². The summed E-state index contributed by atoms with van der Waals surface area (Å²) in [4.78, 5) is 17.2. The quantitative estimate of drug-likeness (QED) is 0.505. The minimum absolute atomic E-state index is 0.172. The number of benzene rings is 2. The molecule has 2 aromatic carbocycles. The summed E-state index contributed by atoms with van der Waals surface area (Å²) in [6.07, 6.45) is 0. The number of carbonyl (C=O) groups is 1. The first kappa shape index (κ1) is 22.3. The number of sulfonamides is 1. The lowest BCUT2D eigenvalue weighted by atomic mass is 10.3. The smallest absolute Gasteiger partial charge is 0.243 e. The first-order chi connectivity index (χ1) is 14.4. The van der Waals surface area contributed by atoms with Crippen molar-refractivity contribution in [3.8, 4) is 0 Å². The van der Waals surface area contributed by atoms with Crippen molar-refractivity contribution in [3.63, 3.8) is 0 Å². The molecule has 1 N–H and O–H groups in total. The van der Waals surface area contributed by atoms with E-state index >= 15 is 0 Å². The third-order valence-corrected chi connectivity index (χ3v) is 7.79. The number of thioether (sulfide) groups is 1. The van der Waals surface area contributed by atoms with Crippen LogP contribution in [0.4, 0.5) is 5.69 Å². The van der Waals surface area contributed by atoms with Crippen LogP contribution in [0.2, 0.25) is 0 Å². The number of aryl methyl sites for hydroxylation is 1. The van der Waals surface area contributed by atoms with E-state index in [0.717, 1.165) is 22.7 Å². The van der Waals surface area contributed by atoms with Gasteiger partial charge in [-0.25, -0.2) is 13.4 Å². The molecule has 0 saturated heterocycles. The Kier molecular flexibility index (Phi) is 7.17. The van der Waals surface area contributed by atoms with Gasteiger partial charge in [0.2, 0.25) is 15.9 Å². The third-order valence-electron chi connectivity index (χ3n) is 4.75. The van der Waals surface area contributed by atoms with Crippen LogP contribution in [0.5, 0.6) is 0 Å². The summed E-state index contributed by atoms with van der Waals surface area (Å²) in [6, 6.07) is 14.2. The van der Waals surface area contributed by atoms with Crippen molar-refractivity contribution < 1.29 is 13.2 Å². The Morgan fingerprint density at radius 1 is 1.07 bits per heavy atom. The zero-order valence-corrected chi connectivity index (χ0v) is 19.0. The van der Waals surface area contributed by atoms with Crippen molar-refractivity contribution in [3.05, 3.63) is 48.5 Å². The molecule has 1 amide bonds. The minimum atomic E-state index is -3.51. The largest absolute Gasteiger partial charge is 0.325 e. The van der Waals surface area contributed by atoms with Crippen LogP contribution in [0.15, 0.2) is 58.6 Å². The Hall–Kier alpha value is -2.36. The highest BCUT2D eigenvalue weighted by atomic mass is 32.2. The molecule has 0 aliphatic heterocycles. The van der Waals surface area contributed by atoms with Crippen molar-refractivity contribution in [2.24, 2.45) is 0 Å². The second-order valence-electron chi connectivity index (χ2n) is 6.58. The molecule has 9 heteroatoms. The van der Waals surface area contributed by atoms with Gasteiger partial charge in [0.1, 0.15) is 0 Å². The number of fused-ring (bicyclic) bond motifs is 1. The lowest BCUT2D eigenvalue weighted by Gasteiger charge is -2.18. The molecule has 0 spiro atoms. The topological polar surface area (TPSA) is 84.3 Å². The molecule has 0 unspecified atom stereocenters. The van der Waals surface area contributed by atoms with E-state index in [-0.39, 0.29) is 16.6 Å². The van der Waals surface area contributed by atoms with Crippen LogP contribution in [0, 0.1) is 0 Å². The summed E-state index contributed by atoms with van der Waals surface area (Å²) in [5.41, 5.74) is 2.52. The van der Waals surface area contributed by atoms with Crippen LogP contribution >= 0.6 is 11.8 Å². The fourth-order valence-electron chi connectivity index (χ4n) is 3.22. The zero-order valence-electron chi connectivity index (χ0n) is 17.3. The van der Waals surface area contributed by atoms with E-state index in [1.54, 1.807) is 26.0 Å². The number of anilines is 1. The van der Waals surface area contributed by atoms with E-state index in [2.05, 4.69) is 14.9 Å².